The Morgan fingerprint density at radius 1 is 0.894 bits per heavy atom. The standard InChI is InChI=1S/C29H18Cl3F10N3O2/c30-17-3-2-12(43-10-16-21(27(16,31)32)11-1-4-18(33)14(7-11)29(40,41)42)8-13(17)24(46)44-20-6-5-19(34)23(22(20)35)45-25(47)15-9-26(36,37)28(15,38)39/h1-8,15-16,21,43H,9-10H2,(H,44,46)(H,45,47)/t15?,16-,21-/m0/s1. The Morgan fingerprint density at radius 2 is 1.55 bits per heavy atom. The molecular formula is C29H18Cl3F10N3O2. The molecule has 3 atom stereocenters. The minimum Gasteiger partial charge on any atom is -0.385 e. The van der Waals surface area contributed by atoms with Gasteiger partial charge in [0.05, 0.1) is 21.8 Å². The van der Waals surface area contributed by atoms with Gasteiger partial charge < -0.3 is 16.0 Å². The molecule has 47 heavy (non-hydrogen) atoms. The predicted molar refractivity (Wildman–Crippen MR) is 153 cm³/mol. The molecule has 1 unspecified atom stereocenters. The van der Waals surface area contributed by atoms with Gasteiger partial charge in [0.25, 0.3) is 5.91 Å². The Morgan fingerprint density at radius 3 is 2.17 bits per heavy atom. The number of carbonyl (C=O) groups is 2. The first-order chi connectivity index (χ1) is 21.7. The number of rotatable bonds is 8. The van der Waals surface area contributed by atoms with E-state index in [-0.39, 0.29) is 28.4 Å². The SMILES string of the molecule is O=C(Nc1ccc(F)c(NC(=O)C2CC(F)(F)C2(F)F)c1F)c1cc(NC[C@H]2[C@H](c3ccc(F)c(C(F)(F)F)c3)C2(Cl)Cl)ccc1Cl. The van der Waals surface area contributed by atoms with Crippen molar-refractivity contribution in [3.05, 3.63) is 87.7 Å². The first kappa shape index (κ1) is 34.9. The highest BCUT2D eigenvalue weighted by molar-refractivity contribution is 6.52. The van der Waals surface area contributed by atoms with Crippen molar-refractivity contribution in [3.8, 4) is 0 Å². The highest BCUT2D eigenvalue weighted by Crippen LogP contribution is 2.65. The van der Waals surface area contributed by atoms with Gasteiger partial charge in [-0.15, -0.1) is 23.2 Å². The summed E-state index contributed by atoms with van der Waals surface area (Å²) >= 11 is 18.7. The molecule has 3 aromatic carbocycles. The van der Waals surface area contributed by atoms with Crippen molar-refractivity contribution >= 4 is 63.7 Å². The van der Waals surface area contributed by atoms with Crippen LogP contribution in [0.3, 0.4) is 0 Å². The van der Waals surface area contributed by atoms with Crippen LogP contribution in [0, 0.1) is 29.3 Å². The van der Waals surface area contributed by atoms with Crippen LogP contribution in [0.15, 0.2) is 48.5 Å². The second kappa shape index (κ2) is 11.9. The Balaban J connectivity index is 1.28. The molecule has 0 aromatic heterocycles. The van der Waals surface area contributed by atoms with E-state index < -0.39 is 92.7 Å². The topological polar surface area (TPSA) is 70.2 Å². The van der Waals surface area contributed by atoms with E-state index in [0.717, 1.165) is 12.1 Å². The lowest BCUT2D eigenvalue weighted by Gasteiger charge is -2.42. The average molecular weight is 737 g/mol. The lowest BCUT2D eigenvalue weighted by atomic mass is 9.76. The van der Waals surface area contributed by atoms with Crippen molar-refractivity contribution in [3.63, 3.8) is 0 Å². The fraction of sp³-hybridized carbons (Fsp3) is 0.310. The first-order valence-corrected chi connectivity index (χ1v) is 14.4. The van der Waals surface area contributed by atoms with Crippen LogP contribution in [0.5, 0.6) is 0 Å². The zero-order valence-electron chi connectivity index (χ0n) is 23.0. The Kier molecular flexibility index (Phi) is 8.85. The van der Waals surface area contributed by atoms with E-state index >= 15 is 4.39 Å². The third-order valence-corrected chi connectivity index (χ3v) is 9.24. The van der Waals surface area contributed by atoms with Crippen molar-refractivity contribution in [1.29, 1.82) is 0 Å². The van der Waals surface area contributed by atoms with Crippen LogP contribution in [0.2, 0.25) is 5.02 Å². The third-order valence-electron chi connectivity index (χ3n) is 7.88. The second-order valence-corrected chi connectivity index (χ2v) is 12.7. The molecule has 0 radical (unpaired) electrons. The van der Waals surface area contributed by atoms with Gasteiger partial charge in [-0.05, 0) is 48.0 Å². The van der Waals surface area contributed by atoms with Gasteiger partial charge >= 0.3 is 18.0 Å². The van der Waals surface area contributed by atoms with Crippen LogP contribution >= 0.6 is 34.8 Å². The molecule has 0 saturated heterocycles. The molecule has 3 aromatic rings. The summed E-state index contributed by atoms with van der Waals surface area (Å²) in [6.45, 7) is -0.0410. The molecule has 0 heterocycles. The highest BCUT2D eigenvalue weighted by atomic mass is 35.5. The summed E-state index contributed by atoms with van der Waals surface area (Å²) in [7, 11) is 0. The summed E-state index contributed by atoms with van der Waals surface area (Å²) < 4.78 is 135. The van der Waals surface area contributed by atoms with Gasteiger partial charge in [0.2, 0.25) is 5.91 Å². The fourth-order valence-electron chi connectivity index (χ4n) is 5.15. The number of nitrogens with one attached hydrogen (secondary N) is 3. The number of benzene rings is 3. The lowest BCUT2D eigenvalue weighted by Crippen LogP contribution is -2.62. The highest BCUT2D eigenvalue weighted by Gasteiger charge is 2.74. The maximum absolute atomic E-state index is 15.1. The number of halogens is 13. The van der Waals surface area contributed by atoms with Crippen LogP contribution in [0.1, 0.15) is 33.8 Å². The smallest absolute Gasteiger partial charge is 0.385 e. The largest absolute Gasteiger partial charge is 0.419 e. The summed E-state index contributed by atoms with van der Waals surface area (Å²) in [5.41, 5.74) is -3.50. The van der Waals surface area contributed by atoms with Crippen LogP contribution in [-0.2, 0) is 11.0 Å². The number of alkyl halides is 9. The van der Waals surface area contributed by atoms with E-state index in [0.29, 0.717) is 18.2 Å². The van der Waals surface area contributed by atoms with Crippen LogP contribution in [0.25, 0.3) is 0 Å². The van der Waals surface area contributed by atoms with Crippen LogP contribution in [0.4, 0.5) is 61.0 Å². The molecule has 18 heteroatoms. The van der Waals surface area contributed by atoms with Gasteiger partial charge in [-0.2, -0.15) is 30.7 Å². The third kappa shape index (κ3) is 6.41. The van der Waals surface area contributed by atoms with Gasteiger partial charge in [0.15, 0.2) is 5.82 Å². The van der Waals surface area contributed by atoms with Crippen LogP contribution < -0.4 is 16.0 Å². The van der Waals surface area contributed by atoms with E-state index in [1.54, 1.807) is 0 Å². The first-order valence-electron chi connectivity index (χ1n) is 13.3. The molecule has 3 N–H and O–H groups in total. The summed E-state index contributed by atoms with van der Waals surface area (Å²) in [6.07, 6.45) is -6.50. The number of carbonyl (C=O) groups excluding carboxylic acids is 2. The molecule has 0 aliphatic heterocycles. The molecule has 252 valence electrons. The zero-order chi connectivity index (χ0) is 34.9. The van der Waals surface area contributed by atoms with Crippen molar-refractivity contribution in [2.45, 2.75) is 34.7 Å². The van der Waals surface area contributed by atoms with Crippen molar-refractivity contribution in [2.75, 3.05) is 22.5 Å². The minimum absolute atomic E-state index is 0.0410. The number of anilines is 3. The Bertz CT molecular complexity index is 1770. The van der Waals surface area contributed by atoms with E-state index in [4.69, 9.17) is 34.8 Å². The molecule has 2 saturated carbocycles. The monoisotopic (exact) mass is 735 g/mol. The molecule has 0 bridgehead atoms. The molecular weight excluding hydrogens is 719 g/mol. The van der Waals surface area contributed by atoms with Crippen LogP contribution in [-0.4, -0.2) is 34.5 Å². The van der Waals surface area contributed by atoms with Gasteiger partial charge in [0, 0.05) is 30.5 Å². The lowest BCUT2D eigenvalue weighted by molar-refractivity contribution is -0.303. The summed E-state index contributed by atoms with van der Waals surface area (Å²) in [5, 5.41) is 6.36. The summed E-state index contributed by atoms with van der Waals surface area (Å²) in [5.74, 6) is -20.6. The maximum Gasteiger partial charge on any atom is 0.419 e. The molecule has 5 nitrogen and oxygen atoms in total. The fourth-order valence-corrected chi connectivity index (χ4v) is 6.19. The summed E-state index contributed by atoms with van der Waals surface area (Å²) in [6, 6.07) is 7.60. The minimum atomic E-state index is -4.95. The van der Waals surface area contributed by atoms with Gasteiger partial charge in [-0.3, -0.25) is 9.59 Å². The van der Waals surface area contributed by atoms with Gasteiger partial charge in [0.1, 0.15) is 27.6 Å². The van der Waals surface area contributed by atoms with E-state index in [1.807, 2.05) is 0 Å². The van der Waals surface area contributed by atoms with Crippen molar-refractivity contribution in [2.24, 2.45) is 11.8 Å². The van der Waals surface area contributed by atoms with Crippen molar-refractivity contribution < 1.29 is 53.5 Å². The van der Waals surface area contributed by atoms with E-state index in [2.05, 4.69) is 10.6 Å². The molecule has 2 aliphatic carbocycles. The quantitative estimate of drug-likeness (QED) is 0.160. The van der Waals surface area contributed by atoms with Gasteiger partial charge in [-0.25, -0.2) is 13.2 Å². The number of hydrogen-bond donors (Lipinski definition) is 3. The molecule has 2 fully saturated rings. The number of amides is 2. The Hall–Kier alpha value is -3.43. The molecule has 5 rings (SSSR count). The molecule has 2 amide bonds. The number of hydrogen-bond acceptors (Lipinski definition) is 3. The maximum atomic E-state index is 15.1. The van der Waals surface area contributed by atoms with Crippen molar-refractivity contribution in [1.82, 2.24) is 0 Å². The summed E-state index contributed by atoms with van der Waals surface area (Å²) in [4.78, 5) is 25.1. The average Bonchev–Trinajstić information content (AvgIpc) is 3.53. The van der Waals surface area contributed by atoms with Gasteiger partial charge in [-0.1, -0.05) is 17.7 Å². The molecule has 0 spiro atoms. The van der Waals surface area contributed by atoms with E-state index in [9.17, 15) is 49.1 Å². The molecule has 2 aliphatic rings. The van der Waals surface area contributed by atoms with E-state index in [1.165, 1.54) is 23.5 Å². The zero-order valence-corrected chi connectivity index (χ0v) is 25.3. The normalized spacial score (nSPS) is 22.2. The Labute approximate surface area is 273 Å². The predicted octanol–water partition coefficient (Wildman–Crippen LogP) is 9.26. The second-order valence-electron chi connectivity index (χ2n) is 10.9.